The van der Waals surface area contributed by atoms with Crippen molar-refractivity contribution < 1.29 is 101 Å². The molecule has 2 amide bonds. The molecule has 580 valence electrons. The number of phosphoric acid groups is 2. The number of unbranched alkanes of at least 4 members (excludes halogenated alkanes) is 39. The topological polar surface area (TPSA) is 371 Å². The van der Waals surface area contributed by atoms with Gasteiger partial charge in [0.05, 0.1) is 52.0 Å². The third-order valence-corrected chi connectivity index (χ3v) is 20.3. The Balaban J connectivity index is 2.20. The van der Waals surface area contributed by atoms with E-state index >= 15 is 0 Å². The molecule has 2 saturated heterocycles. The summed E-state index contributed by atoms with van der Waals surface area (Å²) in [6.07, 6.45) is 30.8. The number of hydrogen-bond donors (Lipinski definition) is 11. The van der Waals surface area contributed by atoms with Gasteiger partial charge in [-0.25, -0.2) is 9.13 Å². The number of rotatable bonds is 67. The quantitative estimate of drug-likeness (QED) is 0.0153. The fourth-order valence-electron chi connectivity index (χ4n) is 12.9. The Morgan fingerprint density at radius 2 is 0.867 bits per heavy atom. The van der Waals surface area contributed by atoms with Crippen LogP contribution in [0.15, 0.2) is 0 Å². The normalized spacial score (nSPS) is 22.6. The van der Waals surface area contributed by atoms with E-state index in [4.69, 9.17) is 43.0 Å². The van der Waals surface area contributed by atoms with Gasteiger partial charge in [0.1, 0.15) is 54.8 Å². The van der Waals surface area contributed by atoms with E-state index in [1.165, 1.54) is 128 Å². The first-order valence-corrected chi connectivity index (χ1v) is 42.0. The van der Waals surface area contributed by atoms with Crippen molar-refractivity contribution in [3.63, 3.8) is 0 Å². The van der Waals surface area contributed by atoms with Crippen LogP contribution in [0.1, 0.15) is 329 Å². The third-order valence-electron chi connectivity index (χ3n) is 18.8. The van der Waals surface area contributed by atoms with Crippen LogP contribution in [0.25, 0.3) is 0 Å². The molecule has 0 radical (unpaired) electrons. The summed E-state index contributed by atoms with van der Waals surface area (Å²) in [6.45, 7) is 4.64. The maximum Gasteiger partial charge on any atom is 0.472 e. The van der Waals surface area contributed by atoms with E-state index in [2.05, 4.69) is 31.4 Å². The number of nitrogens with one attached hydrogen (secondary N) is 2. The number of aliphatic hydroxyl groups excluding tert-OH is 5. The second-order valence-electron chi connectivity index (χ2n) is 27.8. The smallest absolute Gasteiger partial charge is 0.462 e. The summed E-state index contributed by atoms with van der Waals surface area (Å²) in [5.41, 5.74) is 5.58. The molecule has 0 spiro atoms. The van der Waals surface area contributed by atoms with Crippen LogP contribution in [0.4, 0.5) is 0 Å². The van der Waals surface area contributed by atoms with Gasteiger partial charge in [0.2, 0.25) is 11.8 Å². The summed E-state index contributed by atoms with van der Waals surface area (Å²) < 4.78 is 70.6. The van der Waals surface area contributed by atoms with Crippen molar-refractivity contribution in [3.8, 4) is 0 Å². The lowest BCUT2D eigenvalue weighted by Gasteiger charge is -2.45. The minimum absolute atomic E-state index is 0.0181. The van der Waals surface area contributed by atoms with Crippen LogP contribution in [0.5, 0.6) is 0 Å². The van der Waals surface area contributed by atoms with Crippen LogP contribution in [-0.2, 0) is 60.8 Å². The SMILES string of the molecule is CCCCCCCCCCCC(=O)O[C@H](CCCCCCCCCCC)CC(=O)N[C@H]1[C@H](OC[C@H]2O[C@H](OCCOP(=O)(O)OCCCCCCCCCCCCCCCCCCN)[C@H](NC(=O)C[C@H](O)CCCCCCCCCCC)[C@@H](O)[C@@H]2O)O[C@H](CO)[C@@H](OP(=O)(O)O)[C@@H]1O. The molecule has 0 aliphatic carbocycles. The standard InChI is InChI=1S/C72H141N3O21P2/c1-4-7-10-13-16-27-32-37-42-47-58(77)54-62(78)74-65-68(82)67(81)61(95-71(65)89-52-53-92-98(87,88)91-51-46-41-36-31-26-24-22-20-19-21-23-25-30-35-40-45-50-73)57-90-72-66(69(83)70(60(56-76)94-72)96-97(84,85)86)75-63(79)55-59(48-43-38-33-28-17-14-11-8-5-2)93-64(80)49-44-39-34-29-18-15-12-9-6-3/h58-61,65-72,76-77,81-83H,4-57,73H2,1-3H3,(H,74,78)(H,75,79)(H,87,88)(H2,84,85,86)/t58-,59-,60-,61-,65-,66-,67-,68-,69-,70-,71+,72-/m1/s1. The van der Waals surface area contributed by atoms with Gasteiger partial charge >= 0.3 is 21.6 Å². The molecule has 2 aliphatic heterocycles. The summed E-state index contributed by atoms with van der Waals surface area (Å²) in [5.74, 6) is -1.91. The van der Waals surface area contributed by atoms with Crippen LogP contribution >= 0.6 is 15.6 Å². The van der Waals surface area contributed by atoms with Gasteiger partial charge in [-0.1, -0.05) is 271 Å². The Kier molecular flexibility index (Phi) is 56.0. The first kappa shape index (κ1) is 92.3. The minimum atomic E-state index is -5.38. The molecular weight excluding hydrogens is 1300 g/mol. The summed E-state index contributed by atoms with van der Waals surface area (Å²) >= 11 is 0. The maximum atomic E-state index is 14.2. The Morgan fingerprint density at radius 1 is 0.469 bits per heavy atom. The summed E-state index contributed by atoms with van der Waals surface area (Å²) in [6, 6.07) is -3.19. The monoisotopic (exact) mass is 1450 g/mol. The number of nitrogens with two attached hydrogens (primary N) is 1. The Labute approximate surface area is 590 Å². The predicted octanol–water partition coefficient (Wildman–Crippen LogP) is 13.1. The summed E-state index contributed by atoms with van der Waals surface area (Å²) in [7, 11) is -9.94. The number of amides is 2. The van der Waals surface area contributed by atoms with E-state index in [9.17, 15) is 63.7 Å². The first-order valence-electron chi connectivity index (χ1n) is 39.0. The maximum absolute atomic E-state index is 14.2. The Bertz CT molecular complexity index is 2040. The third kappa shape index (κ3) is 46.8. The number of esters is 1. The van der Waals surface area contributed by atoms with Gasteiger partial charge in [-0.05, 0) is 45.1 Å². The molecule has 0 saturated carbocycles. The number of hydrogen-bond acceptors (Lipinski definition) is 19. The second kappa shape index (κ2) is 59.5. The molecule has 1 unspecified atom stereocenters. The lowest BCUT2D eigenvalue weighted by Crippen LogP contribution is -2.67. The number of carbonyl (C=O) groups excluding carboxylic acids is 3. The fourth-order valence-corrected chi connectivity index (χ4v) is 14.2. The molecule has 0 aromatic heterocycles. The highest BCUT2D eigenvalue weighted by atomic mass is 31.2. The molecular formula is C72H141N3O21P2. The molecule has 24 nitrogen and oxygen atoms in total. The van der Waals surface area contributed by atoms with E-state index < -0.39 is 133 Å². The molecule has 98 heavy (non-hydrogen) atoms. The van der Waals surface area contributed by atoms with Crippen molar-refractivity contribution in [1.82, 2.24) is 10.6 Å². The number of carbonyl (C=O) groups is 3. The van der Waals surface area contributed by atoms with Gasteiger partial charge in [0, 0.05) is 6.42 Å². The first-order chi connectivity index (χ1) is 47.3. The van der Waals surface area contributed by atoms with Crippen LogP contribution < -0.4 is 16.4 Å². The molecule has 13 atom stereocenters. The molecule has 2 rings (SSSR count). The van der Waals surface area contributed by atoms with E-state index in [1.807, 2.05) is 0 Å². The molecule has 12 N–H and O–H groups in total. The Morgan fingerprint density at radius 3 is 1.34 bits per heavy atom. The largest absolute Gasteiger partial charge is 0.472 e. The predicted molar refractivity (Wildman–Crippen MR) is 380 cm³/mol. The highest BCUT2D eigenvalue weighted by molar-refractivity contribution is 7.47. The van der Waals surface area contributed by atoms with E-state index in [0.29, 0.717) is 38.5 Å². The van der Waals surface area contributed by atoms with Gasteiger partial charge in [-0.2, -0.15) is 0 Å². The van der Waals surface area contributed by atoms with Crippen LogP contribution in [-0.4, -0.2) is 171 Å². The van der Waals surface area contributed by atoms with Gasteiger partial charge in [-0.15, -0.1) is 0 Å². The van der Waals surface area contributed by atoms with Gasteiger partial charge < -0.3 is 80.3 Å². The van der Waals surface area contributed by atoms with Crippen molar-refractivity contribution in [1.29, 1.82) is 0 Å². The molecule has 0 bridgehead atoms. The lowest BCUT2D eigenvalue weighted by molar-refractivity contribution is -0.303. The van der Waals surface area contributed by atoms with Crippen molar-refractivity contribution in [3.05, 3.63) is 0 Å². The van der Waals surface area contributed by atoms with E-state index in [-0.39, 0.29) is 25.9 Å². The zero-order valence-corrected chi connectivity index (χ0v) is 62.8. The summed E-state index contributed by atoms with van der Waals surface area (Å²) in [4.78, 5) is 71.3. The number of aliphatic hydroxyl groups is 5. The van der Waals surface area contributed by atoms with Gasteiger partial charge in [0.15, 0.2) is 12.6 Å². The average molecular weight is 1450 g/mol. The summed E-state index contributed by atoms with van der Waals surface area (Å²) in [5, 5.41) is 61.7. The van der Waals surface area contributed by atoms with Gasteiger partial charge in [0.25, 0.3) is 0 Å². The van der Waals surface area contributed by atoms with Crippen molar-refractivity contribution in [2.45, 2.75) is 402 Å². The van der Waals surface area contributed by atoms with Gasteiger partial charge in [-0.3, -0.25) is 28.0 Å². The number of phosphoric ester groups is 2. The fraction of sp³-hybridized carbons (Fsp3) is 0.958. The van der Waals surface area contributed by atoms with E-state index in [1.54, 1.807) is 0 Å². The molecule has 0 aromatic carbocycles. The lowest BCUT2D eigenvalue weighted by atomic mass is 9.95. The Hall–Kier alpha value is -1.77. The van der Waals surface area contributed by atoms with Crippen molar-refractivity contribution in [2.24, 2.45) is 5.73 Å². The van der Waals surface area contributed by atoms with Crippen LogP contribution in [0, 0.1) is 0 Å². The highest BCUT2D eigenvalue weighted by Crippen LogP contribution is 2.44. The van der Waals surface area contributed by atoms with Crippen LogP contribution in [0.2, 0.25) is 0 Å². The van der Waals surface area contributed by atoms with Crippen LogP contribution in [0.3, 0.4) is 0 Å². The average Bonchev–Trinajstić information content (AvgIpc) is 0.790. The molecule has 26 heteroatoms. The molecule has 2 fully saturated rings. The zero-order valence-electron chi connectivity index (χ0n) is 61.0. The molecule has 2 aliphatic rings. The number of ether oxygens (including phenoxy) is 5. The zero-order chi connectivity index (χ0) is 71.9. The minimum Gasteiger partial charge on any atom is -0.462 e. The molecule has 0 aromatic rings. The van der Waals surface area contributed by atoms with E-state index in [0.717, 1.165) is 129 Å². The molecule has 2 heterocycles. The second-order valence-corrected chi connectivity index (χ2v) is 30.4. The van der Waals surface area contributed by atoms with Crippen molar-refractivity contribution in [2.75, 3.05) is 39.6 Å². The van der Waals surface area contributed by atoms with Crippen molar-refractivity contribution >= 4 is 33.4 Å². The highest BCUT2D eigenvalue weighted by Gasteiger charge is 2.51.